The second kappa shape index (κ2) is 7.72. The molecule has 0 saturated carbocycles. The second-order valence-corrected chi connectivity index (χ2v) is 6.88. The Labute approximate surface area is 155 Å². The van der Waals surface area contributed by atoms with Gasteiger partial charge in [0.2, 0.25) is 5.91 Å². The van der Waals surface area contributed by atoms with Crippen molar-refractivity contribution in [3.05, 3.63) is 29.0 Å². The van der Waals surface area contributed by atoms with Crippen molar-refractivity contribution in [2.45, 2.75) is 32.2 Å². The number of carbonyl (C=O) groups is 3. The number of nitrogens with zero attached hydrogens (tertiary/aromatic N) is 2. The van der Waals surface area contributed by atoms with E-state index in [1.54, 1.807) is 6.92 Å². The van der Waals surface area contributed by atoms with Crippen LogP contribution in [0.15, 0.2) is 18.2 Å². The number of hydrogen-bond donors (Lipinski definition) is 0. The average molecular weight is 383 g/mol. The Bertz CT molecular complexity index is 742. The molecule has 2 aliphatic rings. The molecule has 0 aliphatic carbocycles. The minimum Gasteiger partial charge on any atom is -0.466 e. The third-order valence-electron chi connectivity index (χ3n) is 4.80. The topological polar surface area (TPSA) is 66.9 Å². The number of carbonyl (C=O) groups excluding carboxylic acids is 3. The summed E-state index contributed by atoms with van der Waals surface area (Å²) in [5.74, 6) is -1.90. The van der Waals surface area contributed by atoms with Gasteiger partial charge in [-0.15, -0.1) is 0 Å². The summed E-state index contributed by atoms with van der Waals surface area (Å²) in [5, 5.41) is -0.146. The molecule has 3 rings (SSSR count). The third-order valence-corrected chi connectivity index (χ3v) is 5.09. The summed E-state index contributed by atoms with van der Waals surface area (Å²) in [6.07, 6.45) is 1.49. The zero-order chi connectivity index (χ0) is 18.8. The first-order valence-corrected chi connectivity index (χ1v) is 9.02. The van der Waals surface area contributed by atoms with Crippen molar-refractivity contribution in [3.63, 3.8) is 0 Å². The van der Waals surface area contributed by atoms with Gasteiger partial charge in [0, 0.05) is 6.54 Å². The lowest BCUT2D eigenvalue weighted by Crippen LogP contribution is -2.48. The van der Waals surface area contributed by atoms with Crippen LogP contribution in [-0.4, -0.2) is 48.4 Å². The van der Waals surface area contributed by atoms with Crippen molar-refractivity contribution in [1.29, 1.82) is 0 Å². The number of halogens is 2. The summed E-state index contributed by atoms with van der Waals surface area (Å²) in [6.45, 7) is 3.09. The van der Waals surface area contributed by atoms with E-state index >= 15 is 0 Å². The zero-order valence-electron chi connectivity index (χ0n) is 14.4. The lowest BCUT2D eigenvalue weighted by molar-refractivity contribution is -0.150. The van der Waals surface area contributed by atoms with Crippen LogP contribution in [-0.2, 0) is 19.1 Å². The van der Waals surface area contributed by atoms with Crippen molar-refractivity contribution in [1.82, 2.24) is 4.90 Å². The first-order chi connectivity index (χ1) is 12.4. The molecule has 8 heteroatoms. The highest BCUT2D eigenvalue weighted by Crippen LogP contribution is 2.31. The molecule has 0 unspecified atom stereocenters. The first-order valence-electron chi connectivity index (χ1n) is 8.65. The fourth-order valence-electron chi connectivity index (χ4n) is 3.54. The number of anilines is 1. The van der Waals surface area contributed by atoms with Crippen LogP contribution in [0.4, 0.5) is 10.1 Å². The summed E-state index contributed by atoms with van der Waals surface area (Å²) in [7, 11) is 0. The van der Waals surface area contributed by atoms with E-state index in [2.05, 4.69) is 0 Å². The number of ether oxygens (including phenoxy) is 1. The van der Waals surface area contributed by atoms with Gasteiger partial charge in [-0.1, -0.05) is 11.6 Å². The Kier molecular flexibility index (Phi) is 5.58. The van der Waals surface area contributed by atoms with Gasteiger partial charge in [0.15, 0.2) is 0 Å². The Morgan fingerprint density at radius 2 is 2.15 bits per heavy atom. The van der Waals surface area contributed by atoms with E-state index in [0.29, 0.717) is 26.1 Å². The van der Waals surface area contributed by atoms with Crippen LogP contribution >= 0.6 is 11.6 Å². The molecular formula is C18H20ClFN2O4. The molecule has 0 radical (unpaired) electrons. The van der Waals surface area contributed by atoms with Gasteiger partial charge in [-0.3, -0.25) is 19.3 Å². The zero-order valence-corrected chi connectivity index (χ0v) is 15.2. The second-order valence-electron chi connectivity index (χ2n) is 6.47. The van der Waals surface area contributed by atoms with Crippen LogP contribution in [0.25, 0.3) is 0 Å². The number of hydrogen-bond acceptors (Lipinski definition) is 5. The van der Waals surface area contributed by atoms with Crippen molar-refractivity contribution in [3.8, 4) is 0 Å². The molecular weight excluding hydrogens is 363 g/mol. The molecule has 140 valence electrons. The highest BCUT2D eigenvalue weighted by atomic mass is 35.5. The molecule has 0 spiro atoms. The van der Waals surface area contributed by atoms with Gasteiger partial charge in [0.05, 0.1) is 35.7 Å². The maximum atomic E-state index is 13.4. The van der Waals surface area contributed by atoms with E-state index < -0.39 is 11.9 Å². The van der Waals surface area contributed by atoms with E-state index in [0.717, 1.165) is 17.4 Å². The quantitative estimate of drug-likeness (QED) is 0.591. The van der Waals surface area contributed by atoms with E-state index in [1.165, 1.54) is 12.1 Å². The highest BCUT2D eigenvalue weighted by molar-refractivity contribution is 6.31. The van der Waals surface area contributed by atoms with Gasteiger partial charge in [-0.05, 0) is 44.5 Å². The van der Waals surface area contributed by atoms with Crippen molar-refractivity contribution >= 4 is 35.1 Å². The summed E-state index contributed by atoms with van der Waals surface area (Å²) in [6, 6.07) is 3.14. The first kappa shape index (κ1) is 18.8. The van der Waals surface area contributed by atoms with Crippen LogP contribution < -0.4 is 4.90 Å². The molecule has 2 atom stereocenters. The third kappa shape index (κ3) is 3.59. The number of imide groups is 1. The molecule has 0 bridgehead atoms. The van der Waals surface area contributed by atoms with Gasteiger partial charge < -0.3 is 4.74 Å². The minimum atomic E-state index is -0.622. The maximum absolute atomic E-state index is 13.4. The molecule has 0 aromatic heterocycles. The smallest absolute Gasteiger partial charge is 0.310 e. The molecule has 2 aliphatic heterocycles. The number of benzene rings is 1. The lowest BCUT2D eigenvalue weighted by Gasteiger charge is -2.34. The van der Waals surface area contributed by atoms with E-state index in [1.807, 2.05) is 4.90 Å². The molecule has 1 aromatic carbocycles. The fraction of sp³-hybridized carbons (Fsp3) is 0.500. The van der Waals surface area contributed by atoms with Gasteiger partial charge >= 0.3 is 5.97 Å². The van der Waals surface area contributed by atoms with Gasteiger partial charge in [-0.2, -0.15) is 0 Å². The largest absolute Gasteiger partial charge is 0.466 e. The lowest BCUT2D eigenvalue weighted by atomic mass is 9.96. The monoisotopic (exact) mass is 382 g/mol. The number of likely N-dealkylation sites (tertiary alicyclic amines) is 1. The minimum absolute atomic E-state index is 0.0311. The van der Waals surface area contributed by atoms with Crippen LogP contribution in [0.1, 0.15) is 26.2 Å². The van der Waals surface area contributed by atoms with Crippen molar-refractivity contribution in [2.24, 2.45) is 5.92 Å². The van der Waals surface area contributed by atoms with Crippen molar-refractivity contribution in [2.75, 3.05) is 24.6 Å². The fourth-order valence-corrected chi connectivity index (χ4v) is 3.71. The molecule has 6 nitrogen and oxygen atoms in total. The van der Waals surface area contributed by atoms with Gasteiger partial charge in [0.25, 0.3) is 5.91 Å². The number of rotatable bonds is 4. The molecule has 2 fully saturated rings. The van der Waals surface area contributed by atoms with Gasteiger partial charge in [0.1, 0.15) is 5.82 Å². The SMILES string of the molecule is CCOC(=O)[C@H]1CCCN([C@@H]2CC(=O)N(c3ccc(F)c(Cl)c3)C2=O)C1. The van der Waals surface area contributed by atoms with Crippen LogP contribution in [0.2, 0.25) is 5.02 Å². The Hall–Kier alpha value is -1.99. The molecule has 2 saturated heterocycles. The van der Waals surface area contributed by atoms with Crippen molar-refractivity contribution < 1.29 is 23.5 Å². The van der Waals surface area contributed by atoms with E-state index in [-0.39, 0.29) is 40.8 Å². The Balaban J connectivity index is 1.75. The Morgan fingerprint density at radius 3 is 2.85 bits per heavy atom. The van der Waals surface area contributed by atoms with Gasteiger partial charge in [-0.25, -0.2) is 9.29 Å². The number of piperidine rings is 1. The molecule has 26 heavy (non-hydrogen) atoms. The maximum Gasteiger partial charge on any atom is 0.310 e. The standard InChI is InChI=1S/C18H20ClFN2O4/c1-2-26-18(25)11-4-3-7-21(10-11)15-9-16(23)22(17(15)24)12-5-6-14(20)13(19)8-12/h5-6,8,11,15H,2-4,7,9-10H2,1H3/t11-,15+/m0/s1. The number of amides is 2. The molecule has 1 aromatic rings. The summed E-state index contributed by atoms with van der Waals surface area (Å²) >= 11 is 5.77. The van der Waals surface area contributed by atoms with Crippen LogP contribution in [0, 0.1) is 11.7 Å². The highest BCUT2D eigenvalue weighted by Gasteiger charge is 2.44. The predicted molar refractivity (Wildman–Crippen MR) is 93.2 cm³/mol. The summed E-state index contributed by atoms with van der Waals surface area (Å²) in [4.78, 5) is 40.1. The average Bonchev–Trinajstić information content (AvgIpc) is 2.92. The molecule has 2 heterocycles. The summed E-state index contributed by atoms with van der Waals surface area (Å²) < 4.78 is 18.4. The molecule has 0 N–H and O–H groups in total. The van der Waals surface area contributed by atoms with Crippen LogP contribution in [0.3, 0.4) is 0 Å². The predicted octanol–water partition coefficient (Wildman–Crippen LogP) is 2.39. The number of esters is 1. The normalized spacial score (nSPS) is 24.2. The van der Waals surface area contributed by atoms with E-state index in [4.69, 9.17) is 16.3 Å². The van der Waals surface area contributed by atoms with Crippen LogP contribution in [0.5, 0.6) is 0 Å². The van der Waals surface area contributed by atoms with E-state index in [9.17, 15) is 18.8 Å². The Morgan fingerprint density at radius 1 is 1.38 bits per heavy atom. The molecule has 2 amide bonds. The summed E-state index contributed by atoms with van der Waals surface area (Å²) in [5.41, 5.74) is 0.257.